The Morgan fingerprint density at radius 1 is 0.545 bits per heavy atom. The van der Waals surface area contributed by atoms with Crippen molar-refractivity contribution in [1.82, 2.24) is 5.32 Å². The Labute approximate surface area is 141 Å². The molecule has 0 bridgehead atoms. The molecule has 0 radical (unpaired) electrons. The predicted molar refractivity (Wildman–Crippen MR) is 101 cm³/mol. The molecule has 0 unspecified atom stereocenters. The third-order valence-corrected chi connectivity index (χ3v) is 4.86. The van der Waals surface area contributed by atoms with Crippen LogP contribution in [-0.2, 0) is 0 Å². The molecule has 0 amide bonds. The number of hydrogen-bond acceptors (Lipinski definition) is 1. The number of quaternary nitrogens is 1. The van der Waals surface area contributed by atoms with Crippen molar-refractivity contribution in [3.8, 4) is 0 Å². The summed E-state index contributed by atoms with van der Waals surface area (Å²) in [6.45, 7) is 13.5. The maximum Gasteiger partial charge on any atom is 0.0785 e. The van der Waals surface area contributed by atoms with Crippen LogP contribution >= 0.6 is 0 Å². The van der Waals surface area contributed by atoms with Crippen molar-refractivity contribution in [2.24, 2.45) is 0 Å². The molecule has 0 atom stereocenters. The first-order valence-electron chi connectivity index (χ1n) is 10.2. The van der Waals surface area contributed by atoms with Crippen molar-refractivity contribution in [3.05, 3.63) is 0 Å². The molecule has 0 fully saturated rings. The maximum atomic E-state index is 3.60. The minimum atomic E-state index is 1.22. The summed E-state index contributed by atoms with van der Waals surface area (Å²) in [5.74, 6) is 0. The van der Waals surface area contributed by atoms with Gasteiger partial charge in [0.15, 0.2) is 0 Å². The van der Waals surface area contributed by atoms with Gasteiger partial charge in [-0.3, -0.25) is 0 Å². The minimum Gasteiger partial charge on any atom is -0.326 e. The molecule has 134 valence electrons. The number of unbranched alkanes of at least 4 members (excludes halogenated alkanes) is 7. The largest absolute Gasteiger partial charge is 0.326 e. The zero-order valence-electron chi connectivity index (χ0n) is 16.3. The average Bonchev–Trinajstić information content (AvgIpc) is 2.51. The summed E-state index contributed by atoms with van der Waals surface area (Å²) in [7, 11) is 2.50. The SMILES string of the molecule is CCCCCNCCCC[N+](C)(CCCCC)CCCCC. The van der Waals surface area contributed by atoms with Gasteiger partial charge in [-0.2, -0.15) is 0 Å². The lowest BCUT2D eigenvalue weighted by atomic mass is 10.1. The Morgan fingerprint density at radius 3 is 1.36 bits per heavy atom. The molecule has 1 N–H and O–H groups in total. The Balaban J connectivity index is 3.80. The monoisotopic (exact) mass is 313 g/mol. The van der Waals surface area contributed by atoms with Crippen LogP contribution in [0.3, 0.4) is 0 Å². The van der Waals surface area contributed by atoms with Crippen molar-refractivity contribution in [3.63, 3.8) is 0 Å². The summed E-state index contributed by atoms with van der Waals surface area (Å²) in [6.07, 6.45) is 15.1. The van der Waals surface area contributed by atoms with Gasteiger partial charge in [0.1, 0.15) is 0 Å². The maximum absolute atomic E-state index is 3.60. The zero-order valence-corrected chi connectivity index (χ0v) is 16.3. The highest BCUT2D eigenvalue weighted by molar-refractivity contribution is 4.51. The van der Waals surface area contributed by atoms with Crippen molar-refractivity contribution < 1.29 is 4.48 Å². The molecule has 0 spiro atoms. The van der Waals surface area contributed by atoms with E-state index in [0.29, 0.717) is 0 Å². The van der Waals surface area contributed by atoms with Crippen molar-refractivity contribution in [2.75, 3.05) is 39.8 Å². The van der Waals surface area contributed by atoms with E-state index in [1.54, 1.807) is 0 Å². The van der Waals surface area contributed by atoms with Gasteiger partial charge < -0.3 is 9.80 Å². The number of hydrogen-bond donors (Lipinski definition) is 1. The van der Waals surface area contributed by atoms with E-state index < -0.39 is 0 Å². The van der Waals surface area contributed by atoms with E-state index in [0.717, 1.165) is 0 Å². The fourth-order valence-electron chi connectivity index (χ4n) is 3.19. The van der Waals surface area contributed by atoms with Gasteiger partial charge >= 0.3 is 0 Å². The van der Waals surface area contributed by atoms with E-state index in [2.05, 4.69) is 33.1 Å². The van der Waals surface area contributed by atoms with E-state index >= 15 is 0 Å². The molecule has 0 saturated heterocycles. The molecule has 22 heavy (non-hydrogen) atoms. The normalized spacial score (nSPS) is 12.0. The highest BCUT2D eigenvalue weighted by Gasteiger charge is 2.19. The molecule has 0 rings (SSSR count). The molecule has 0 aromatic rings. The smallest absolute Gasteiger partial charge is 0.0785 e. The van der Waals surface area contributed by atoms with Gasteiger partial charge in [0.2, 0.25) is 0 Å². The fourth-order valence-corrected chi connectivity index (χ4v) is 3.19. The lowest BCUT2D eigenvalue weighted by molar-refractivity contribution is -0.910. The number of rotatable bonds is 17. The third kappa shape index (κ3) is 13.6. The molecular weight excluding hydrogens is 268 g/mol. The summed E-state index contributed by atoms with van der Waals surface area (Å²) in [5.41, 5.74) is 0. The van der Waals surface area contributed by atoms with E-state index in [-0.39, 0.29) is 0 Å². The molecule has 0 aliphatic carbocycles. The lowest BCUT2D eigenvalue weighted by Gasteiger charge is -2.35. The summed E-state index contributed by atoms with van der Waals surface area (Å²) in [5, 5.41) is 3.60. The topological polar surface area (TPSA) is 12.0 Å². The van der Waals surface area contributed by atoms with Gasteiger partial charge in [-0.15, -0.1) is 0 Å². The quantitative estimate of drug-likeness (QED) is 0.281. The van der Waals surface area contributed by atoms with E-state index in [4.69, 9.17) is 0 Å². The molecule has 0 aromatic heterocycles. The molecular formula is C20H45N2+. The average molecular weight is 314 g/mol. The summed E-state index contributed by atoms with van der Waals surface area (Å²) in [6, 6.07) is 0. The summed E-state index contributed by atoms with van der Waals surface area (Å²) in [4.78, 5) is 0. The predicted octanol–water partition coefficient (Wildman–Crippen LogP) is 5.37. The van der Waals surface area contributed by atoms with Crippen LogP contribution in [0.2, 0.25) is 0 Å². The molecule has 2 heteroatoms. The second-order valence-corrected chi connectivity index (χ2v) is 7.37. The number of nitrogens with one attached hydrogen (secondary N) is 1. The van der Waals surface area contributed by atoms with Gasteiger partial charge in [0.05, 0.1) is 26.7 Å². The van der Waals surface area contributed by atoms with Gasteiger partial charge in [-0.05, 0) is 58.0 Å². The van der Waals surface area contributed by atoms with Crippen LogP contribution in [0.15, 0.2) is 0 Å². The number of nitrogens with zero attached hydrogens (tertiary/aromatic N) is 1. The van der Waals surface area contributed by atoms with Crippen LogP contribution in [0.1, 0.15) is 91.4 Å². The molecule has 0 aliphatic rings. The molecule has 0 aromatic carbocycles. The van der Waals surface area contributed by atoms with Crippen LogP contribution < -0.4 is 5.32 Å². The Bertz CT molecular complexity index is 206. The van der Waals surface area contributed by atoms with E-state index in [1.807, 2.05) is 0 Å². The van der Waals surface area contributed by atoms with Crippen LogP contribution in [0, 0.1) is 0 Å². The fraction of sp³-hybridized carbons (Fsp3) is 1.00. The van der Waals surface area contributed by atoms with Crippen LogP contribution in [0.25, 0.3) is 0 Å². The van der Waals surface area contributed by atoms with Gasteiger partial charge in [-0.1, -0.05) is 46.5 Å². The van der Waals surface area contributed by atoms with Crippen molar-refractivity contribution >= 4 is 0 Å². The Morgan fingerprint density at radius 2 is 0.909 bits per heavy atom. The molecule has 0 heterocycles. The van der Waals surface area contributed by atoms with E-state index in [1.165, 1.54) is 108 Å². The highest BCUT2D eigenvalue weighted by atomic mass is 15.3. The summed E-state index contributed by atoms with van der Waals surface area (Å²) >= 11 is 0. The Hall–Kier alpha value is -0.0800. The molecule has 0 aliphatic heterocycles. The first kappa shape index (κ1) is 21.9. The minimum absolute atomic E-state index is 1.22. The second-order valence-electron chi connectivity index (χ2n) is 7.37. The standard InChI is InChI=1S/C20H45N2/c1-5-8-11-16-21-17-12-15-20-22(4,18-13-9-6-2)19-14-10-7-3/h21H,5-20H2,1-4H3/q+1. The van der Waals surface area contributed by atoms with Crippen molar-refractivity contribution in [2.45, 2.75) is 91.4 Å². The van der Waals surface area contributed by atoms with E-state index in [9.17, 15) is 0 Å². The van der Waals surface area contributed by atoms with Gasteiger partial charge in [-0.25, -0.2) is 0 Å². The van der Waals surface area contributed by atoms with Gasteiger partial charge in [0.25, 0.3) is 0 Å². The van der Waals surface area contributed by atoms with Crippen LogP contribution in [0.5, 0.6) is 0 Å². The van der Waals surface area contributed by atoms with Crippen LogP contribution in [-0.4, -0.2) is 44.3 Å². The van der Waals surface area contributed by atoms with Gasteiger partial charge in [0, 0.05) is 0 Å². The first-order chi connectivity index (χ1) is 10.7. The third-order valence-electron chi connectivity index (χ3n) is 4.86. The molecule has 2 nitrogen and oxygen atoms in total. The lowest BCUT2D eigenvalue weighted by Crippen LogP contribution is -2.46. The second kappa shape index (κ2) is 15.8. The molecule has 0 saturated carbocycles. The highest BCUT2D eigenvalue weighted by Crippen LogP contribution is 2.12. The van der Waals surface area contributed by atoms with Crippen LogP contribution in [0.4, 0.5) is 0 Å². The summed E-state index contributed by atoms with van der Waals surface area (Å²) < 4.78 is 1.32. The van der Waals surface area contributed by atoms with Crippen molar-refractivity contribution in [1.29, 1.82) is 0 Å². The Kier molecular flexibility index (Phi) is 15.7. The zero-order chi connectivity index (χ0) is 16.5. The first-order valence-corrected chi connectivity index (χ1v) is 10.2.